The van der Waals surface area contributed by atoms with Crippen molar-refractivity contribution >= 4 is 22.7 Å². The number of carbonyl (C=O) groups excluding carboxylic acids is 2. The van der Waals surface area contributed by atoms with Crippen molar-refractivity contribution in [1.82, 2.24) is 24.8 Å². The third-order valence-electron chi connectivity index (χ3n) is 4.92. The topological polar surface area (TPSA) is 82.2 Å². The van der Waals surface area contributed by atoms with Crippen molar-refractivity contribution in [3.8, 4) is 0 Å². The fourth-order valence-corrected chi connectivity index (χ4v) is 3.40. The zero-order valence-corrected chi connectivity index (χ0v) is 15.2. The molecule has 0 atom stereocenters. The van der Waals surface area contributed by atoms with E-state index in [-0.39, 0.29) is 11.8 Å². The summed E-state index contributed by atoms with van der Waals surface area (Å²) in [6, 6.07) is 11.4. The fourth-order valence-electron chi connectivity index (χ4n) is 3.40. The van der Waals surface area contributed by atoms with Gasteiger partial charge in [-0.2, -0.15) is 0 Å². The van der Waals surface area contributed by atoms with E-state index in [9.17, 15) is 9.59 Å². The van der Waals surface area contributed by atoms with E-state index in [1.807, 2.05) is 37.3 Å². The van der Waals surface area contributed by atoms with Crippen molar-refractivity contribution in [2.45, 2.75) is 13.3 Å². The molecule has 3 aromatic rings. The maximum Gasteiger partial charge on any atom is 0.274 e. The number of benzene rings is 1. The lowest BCUT2D eigenvalue weighted by Gasteiger charge is -2.21. The molecule has 1 N–H and O–H groups in total. The van der Waals surface area contributed by atoms with Crippen LogP contribution in [0.3, 0.4) is 0 Å². The molecule has 7 nitrogen and oxygen atoms in total. The number of pyridine rings is 1. The first-order valence-corrected chi connectivity index (χ1v) is 9.08. The van der Waals surface area contributed by atoms with Gasteiger partial charge < -0.3 is 14.8 Å². The summed E-state index contributed by atoms with van der Waals surface area (Å²) in [5.41, 5.74) is 2.46. The predicted molar refractivity (Wildman–Crippen MR) is 101 cm³/mol. The first-order chi connectivity index (χ1) is 13.1. The molecule has 1 aliphatic heterocycles. The second kappa shape index (κ2) is 7.19. The molecule has 0 saturated carbocycles. The monoisotopic (exact) mass is 363 g/mol. The number of nitrogens with zero attached hydrogens (tertiary/aromatic N) is 4. The normalized spacial score (nSPS) is 15.0. The van der Waals surface area contributed by atoms with Crippen LogP contribution in [0.4, 0.5) is 0 Å². The Kier molecular flexibility index (Phi) is 4.58. The van der Waals surface area contributed by atoms with Crippen LogP contribution in [0.2, 0.25) is 0 Å². The Morgan fingerprint density at radius 1 is 0.963 bits per heavy atom. The number of nitrogens with one attached hydrogen (secondary N) is 1. The molecule has 1 aromatic carbocycles. The number of imidazole rings is 1. The van der Waals surface area contributed by atoms with Crippen molar-refractivity contribution in [2.24, 2.45) is 0 Å². The van der Waals surface area contributed by atoms with Gasteiger partial charge in [-0.3, -0.25) is 9.59 Å². The van der Waals surface area contributed by atoms with Crippen LogP contribution in [-0.2, 0) is 0 Å². The zero-order valence-electron chi connectivity index (χ0n) is 15.2. The third kappa shape index (κ3) is 3.40. The van der Waals surface area contributed by atoms with Gasteiger partial charge in [0, 0.05) is 37.3 Å². The van der Waals surface area contributed by atoms with Crippen LogP contribution in [0.15, 0.2) is 42.7 Å². The first-order valence-electron chi connectivity index (χ1n) is 9.08. The second-order valence-corrected chi connectivity index (χ2v) is 6.70. The Morgan fingerprint density at radius 2 is 1.70 bits per heavy atom. The number of aryl methyl sites for hydroxylation is 1. The van der Waals surface area contributed by atoms with Gasteiger partial charge in [-0.15, -0.1) is 0 Å². The van der Waals surface area contributed by atoms with E-state index in [1.165, 1.54) is 6.33 Å². The Morgan fingerprint density at radius 3 is 2.44 bits per heavy atom. The van der Waals surface area contributed by atoms with Gasteiger partial charge in [0.2, 0.25) is 0 Å². The van der Waals surface area contributed by atoms with E-state index in [0.29, 0.717) is 37.6 Å². The lowest BCUT2D eigenvalue weighted by Crippen LogP contribution is -2.38. The highest BCUT2D eigenvalue weighted by molar-refractivity contribution is 5.95. The summed E-state index contributed by atoms with van der Waals surface area (Å²) in [5, 5.41) is 1.01. The minimum absolute atomic E-state index is 0.0909. The largest absolute Gasteiger partial charge is 0.348 e. The van der Waals surface area contributed by atoms with Gasteiger partial charge in [-0.25, -0.2) is 9.97 Å². The molecule has 2 amide bonds. The zero-order chi connectivity index (χ0) is 18.8. The third-order valence-corrected chi connectivity index (χ3v) is 4.92. The van der Waals surface area contributed by atoms with Gasteiger partial charge in [-0.05, 0) is 25.5 Å². The highest BCUT2D eigenvalue weighted by atomic mass is 16.2. The number of carbonyl (C=O) groups is 2. The Hall–Kier alpha value is -3.22. The molecule has 0 aliphatic carbocycles. The molecule has 2 aromatic heterocycles. The molecular formula is C20H21N5O2. The standard InChI is InChI=1S/C20H21N5O2/c1-14-18(22-13-21-14)20(27)25-10-4-9-24(11-12-25)19(26)17-8-7-15-5-2-3-6-16(15)23-17/h2-3,5-8,13H,4,9-12H2,1H3,(H,21,22). The summed E-state index contributed by atoms with van der Waals surface area (Å²) in [7, 11) is 0. The maximum absolute atomic E-state index is 12.9. The molecule has 0 bridgehead atoms. The molecule has 0 spiro atoms. The summed E-state index contributed by atoms with van der Waals surface area (Å²) in [5.74, 6) is -0.183. The van der Waals surface area contributed by atoms with E-state index in [1.54, 1.807) is 15.9 Å². The molecular weight excluding hydrogens is 342 g/mol. The number of aromatic amines is 1. The minimum atomic E-state index is -0.0917. The van der Waals surface area contributed by atoms with Crippen LogP contribution in [0.25, 0.3) is 10.9 Å². The van der Waals surface area contributed by atoms with Gasteiger partial charge in [0.1, 0.15) is 11.4 Å². The second-order valence-electron chi connectivity index (χ2n) is 6.70. The summed E-state index contributed by atoms with van der Waals surface area (Å²) in [4.78, 5) is 40.7. The van der Waals surface area contributed by atoms with Gasteiger partial charge in [0.15, 0.2) is 0 Å². The van der Waals surface area contributed by atoms with Gasteiger partial charge in [-0.1, -0.05) is 24.3 Å². The summed E-state index contributed by atoms with van der Waals surface area (Å²) in [6.45, 7) is 4.03. The molecule has 0 radical (unpaired) electrons. The summed E-state index contributed by atoms with van der Waals surface area (Å²) >= 11 is 0. The molecule has 3 heterocycles. The number of aromatic nitrogens is 3. The van der Waals surface area contributed by atoms with E-state index >= 15 is 0 Å². The van der Waals surface area contributed by atoms with Crippen molar-refractivity contribution in [2.75, 3.05) is 26.2 Å². The number of amides is 2. The van der Waals surface area contributed by atoms with Gasteiger partial charge in [0.05, 0.1) is 11.8 Å². The van der Waals surface area contributed by atoms with Crippen LogP contribution in [-0.4, -0.2) is 62.7 Å². The minimum Gasteiger partial charge on any atom is -0.348 e. The van der Waals surface area contributed by atoms with Gasteiger partial charge >= 0.3 is 0 Å². The fraction of sp³-hybridized carbons (Fsp3) is 0.300. The van der Waals surface area contributed by atoms with E-state index in [0.717, 1.165) is 23.0 Å². The molecule has 4 rings (SSSR count). The SMILES string of the molecule is Cc1[nH]cnc1C(=O)N1CCCN(C(=O)c2ccc3ccccc3n2)CC1. The Balaban J connectivity index is 1.48. The molecule has 0 unspecified atom stereocenters. The Labute approximate surface area is 157 Å². The van der Waals surface area contributed by atoms with Crippen molar-refractivity contribution in [1.29, 1.82) is 0 Å². The van der Waals surface area contributed by atoms with E-state index in [2.05, 4.69) is 15.0 Å². The molecule has 1 saturated heterocycles. The smallest absolute Gasteiger partial charge is 0.274 e. The number of hydrogen-bond donors (Lipinski definition) is 1. The number of fused-ring (bicyclic) bond motifs is 1. The quantitative estimate of drug-likeness (QED) is 0.757. The van der Waals surface area contributed by atoms with Crippen LogP contribution in [0.5, 0.6) is 0 Å². The molecule has 138 valence electrons. The Bertz CT molecular complexity index is 997. The van der Waals surface area contributed by atoms with E-state index < -0.39 is 0 Å². The molecule has 1 aliphatic rings. The van der Waals surface area contributed by atoms with Crippen LogP contribution in [0.1, 0.15) is 33.1 Å². The van der Waals surface area contributed by atoms with Crippen LogP contribution < -0.4 is 0 Å². The van der Waals surface area contributed by atoms with Crippen molar-refractivity contribution in [3.05, 3.63) is 59.8 Å². The lowest BCUT2D eigenvalue weighted by molar-refractivity contribution is 0.0713. The predicted octanol–water partition coefficient (Wildman–Crippen LogP) is 2.25. The number of para-hydroxylation sites is 1. The number of H-pyrrole nitrogens is 1. The highest BCUT2D eigenvalue weighted by Crippen LogP contribution is 2.15. The summed E-state index contributed by atoms with van der Waals surface area (Å²) in [6.07, 6.45) is 2.26. The van der Waals surface area contributed by atoms with Crippen LogP contribution >= 0.6 is 0 Å². The maximum atomic E-state index is 12.9. The average molecular weight is 363 g/mol. The van der Waals surface area contributed by atoms with Gasteiger partial charge in [0.25, 0.3) is 11.8 Å². The van der Waals surface area contributed by atoms with Crippen molar-refractivity contribution in [3.63, 3.8) is 0 Å². The first kappa shape index (κ1) is 17.2. The number of hydrogen-bond acceptors (Lipinski definition) is 4. The molecule has 7 heteroatoms. The molecule has 1 fully saturated rings. The highest BCUT2D eigenvalue weighted by Gasteiger charge is 2.25. The lowest BCUT2D eigenvalue weighted by atomic mass is 10.2. The number of rotatable bonds is 2. The molecule has 27 heavy (non-hydrogen) atoms. The average Bonchev–Trinajstić information content (AvgIpc) is 2.98. The van der Waals surface area contributed by atoms with Crippen molar-refractivity contribution < 1.29 is 9.59 Å². The van der Waals surface area contributed by atoms with Crippen LogP contribution in [0, 0.1) is 6.92 Å². The summed E-state index contributed by atoms with van der Waals surface area (Å²) < 4.78 is 0. The van der Waals surface area contributed by atoms with E-state index in [4.69, 9.17) is 0 Å².